The summed E-state index contributed by atoms with van der Waals surface area (Å²) in [6.45, 7) is 2.53. The van der Waals surface area contributed by atoms with Crippen LogP contribution in [0.3, 0.4) is 0 Å². The van der Waals surface area contributed by atoms with Crippen molar-refractivity contribution in [3.63, 3.8) is 0 Å². The molecule has 1 saturated heterocycles. The van der Waals surface area contributed by atoms with E-state index in [0.29, 0.717) is 12.5 Å². The van der Waals surface area contributed by atoms with Gasteiger partial charge in [0, 0.05) is 18.8 Å². The first-order valence-electron chi connectivity index (χ1n) is 6.37. The third kappa shape index (κ3) is 3.89. The molecule has 7 heteroatoms. The maximum atomic E-state index is 12.1. The van der Waals surface area contributed by atoms with Crippen molar-refractivity contribution >= 4 is 15.8 Å². The molecule has 19 heavy (non-hydrogen) atoms. The SMILES string of the molecule is CN1CCC(CNS(=O)(=O)c2ccnc(N)c2)CC1. The lowest BCUT2D eigenvalue weighted by Gasteiger charge is -2.28. The third-order valence-electron chi connectivity index (χ3n) is 3.46. The Kier molecular flexibility index (Phi) is 4.38. The average Bonchev–Trinajstić information content (AvgIpc) is 2.38. The summed E-state index contributed by atoms with van der Waals surface area (Å²) >= 11 is 0. The van der Waals surface area contributed by atoms with Crippen LogP contribution in [0.25, 0.3) is 0 Å². The van der Waals surface area contributed by atoms with Crippen LogP contribution in [0.4, 0.5) is 5.82 Å². The van der Waals surface area contributed by atoms with Crippen molar-refractivity contribution in [3.8, 4) is 0 Å². The highest BCUT2D eigenvalue weighted by molar-refractivity contribution is 7.89. The van der Waals surface area contributed by atoms with Crippen LogP contribution in [0.2, 0.25) is 0 Å². The average molecular weight is 284 g/mol. The molecule has 0 aliphatic carbocycles. The van der Waals surface area contributed by atoms with E-state index in [1.54, 1.807) is 0 Å². The second-order valence-electron chi connectivity index (χ2n) is 5.01. The standard InChI is InChI=1S/C12H20N4O2S/c1-16-6-3-10(4-7-16)9-15-19(17,18)11-2-5-14-12(13)8-11/h2,5,8,10,15H,3-4,6-7,9H2,1H3,(H2,13,14). The quantitative estimate of drug-likeness (QED) is 0.829. The minimum absolute atomic E-state index is 0.174. The Bertz CT molecular complexity index is 524. The predicted octanol–water partition coefficient (Wildman–Crippen LogP) is 0.284. The molecule has 3 N–H and O–H groups in total. The second kappa shape index (κ2) is 5.85. The highest BCUT2D eigenvalue weighted by Crippen LogP contribution is 2.16. The highest BCUT2D eigenvalue weighted by Gasteiger charge is 2.20. The summed E-state index contributed by atoms with van der Waals surface area (Å²) in [4.78, 5) is 6.22. The van der Waals surface area contributed by atoms with Gasteiger partial charge in [-0.1, -0.05) is 0 Å². The number of rotatable bonds is 4. The number of aromatic nitrogens is 1. The van der Waals surface area contributed by atoms with Crippen LogP contribution in [0.1, 0.15) is 12.8 Å². The first-order valence-corrected chi connectivity index (χ1v) is 7.85. The Morgan fingerprint density at radius 2 is 2.16 bits per heavy atom. The molecule has 0 bridgehead atoms. The monoisotopic (exact) mass is 284 g/mol. The van der Waals surface area contributed by atoms with Crippen molar-refractivity contribution in [2.24, 2.45) is 5.92 Å². The number of nitrogens with two attached hydrogens (primary N) is 1. The van der Waals surface area contributed by atoms with Gasteiger partial charge in [-0.3, -0.25) is 0 Å². The molecule has 2 rings (SSSR count). The Balaban J connectivity index is 1.95. The number of hydrogen-bond acceptors (Lipinski definition) is 5. The van der Waals surface area contributed by atoms with Gasteiger partial charge in [-0.2, -0.15) is 0 Å². The molecular weight excluding hydrogens is 264 g/mol. The van der Waals surface area contributed by atoms with Crippen molar-refractivity contribution in [3.05, 3.63) is 18.3 Å². The van der Waals surface area contributed by atoms with Crippen LogP contribution in [0, 0.1) is 5.92 Å². The predicted molar refractivity (Wildman–Crippen MR) is 74.1 cm³/mol. The van der Waals surface area contributed by atoms with E-state index < -0.39 is 10.0 Å². The molecule has 0 saturated carbocycles. The summed E-state index contributed by atoms with van der Waals surface area (Å²) in [6.07, 6.45) is 3.45. The molecule has 0 amide bonds. The third-order valence-corrected chi connectivity index (χ3v) is 4.88. The van der Waals surface area contributed by atoms with Crippen molar-refractivity contribution in [1.82, 2.24) is 14.6 Å². The van der Waals surface area contributed by atoms with E-state index in [-0.39, 0.29) is 10.7 Å². The Labute approximate surface area is 114 Å². The van der Waals surface area contributed by atoms with Crippen LogP contribution in [0.15, 0.2) is 23.2 Å². The maximum Gasteiger partial charge on any atom is 0.240 e. The molecule has 106 valence electrons. The molecule has 1 aromatic heterocycles. The molecule has 0 radical (unpaired) electrons. The van der Waals surface area contributed by atoms with Crippen molar-refractivity contribution < 1.29 is 8.42 Å². The zero-order valence-corrected chi connectivity index (χ0v) is 11.9. The van der Waals surface area contributed by atoms with Crippen LogP contribution >= 0.6 is 0 Å². The van der Waals surface area contributed by atoms with E-state index in [4.69, 9.17) is 5.73 Å². The molecule has 0 unspecified atom stereocenters. The molecular formula is C12H20N4O2S. The van der Waals surface area contributed by atoms with E-state index in [1.165, 1.54) is 18.3 Å². The molecule has 1 fully saturated rings. The van der Waals surface area contributed by atoms with Gasteiger partial charge in [-0.15, -0.1) is 0 Å². The van der Waals surface area contributed by atoms with Gasteiger partial charge < -0.3 is 10.6 Å². The lowest BCUT2D eigenvalue weighted by Crippen LogP contribution is -2.36. The minimum Gasteiger partial charge on any atom is -0.384 e. The summed E-state index contributed by atoms with van der Waals surface area (Å²) in [6, 6.07) is 2.82. The van der Waals surface area contributed by atoms with Crippen LogP contribution in [-0.4, -0.2) is 45.0 Å². The van der Waals surface area contributed by atoms with E-state index in [2.05, 4.69) is 21.7 Å². The molecule has 2 heterocycles. The van der Waals surface area contributed by atoms with Crippen LogP contribution < -0.4 is 10.5 Å². The summed E-state index contributed by atoms with van der Waals surface area (Å²) in [5.41, 5.74) is 5.50. The van der Waals surface area contributed by atoms with Gasteiger partial charge in [0.15, 0.2) is 0 Å². The van der Waals surface area contributed by atoms with Gasteiger partial charge >= 0.3 is 0 Å². The molecule has 6 nitrogen and oxygen atoms in total. The van der Waals surface area contributed by atoms with Crippen molar-refractivity contribution in [1.29, 1.82) is 0 Å². The normalized spacial score (nSPS) is 18.6. The molecule has 1 aromatic rings. The minimum atomic E-state index is -3.48. The smallest absolute Gasteiger partial charge is 0.240 e. The molecule has 0 atom stereocenters. The summed E-state index contributed by atoms with van der Waals surface area (Å²) in [7, 11) is -1.40. The second-order valence-corrected chi connectivity index (χ2v) is 6.78. The Morgan fingerprint density at radius 1 is 1.47 bits per heavy atom. The van der Waals surface area contributed by atoms with Gasteiger partial charge in [0.1, 0.15) is 5.82 Å². The molecule has 1 aliphatic heterocycles. The molecule has 0 spiro atoms. The molecule has 0 aromatic carbocycles. The number of anilines is 1. The zero-order chi connectivity index (χ0) is 13.9. The van der Waals surface area contributed by atoms with E-state index in [9.17, 15) is 8.42 Å². The van der Waals surface area contributed by atoms with Crippen molar-refractivity contribution in [2.45, 2.75) is 17.7 Å². The lowest BCUT2D eigenvalue weighted by molar-refractivity contribution is 0.220. The number of piperidine rings is 1. The fourth-order valence-corrected chi connectivity index (χ4v) is 3.31. The Hall–Kier alpha value is -1.18. The number of sulfonamides is 1. The number of nitrogen functional groups attached to an aromatic ring is 1. The summed E-state index contributed by atoms with van der Waals surface area (Å²) in [5.74, 6) is 0.618. The zero-order valence-electron chi connectivity index (χ0n) is 11.0. The number of nitrogens with one attached hydrogen (secondary N) is 1. The number of hydrogen-bond donors (Lipinski definition) is 2. The topological polar surface area (TPSA) is 88.3 Å². The van der Waals surface area contributed by atoms with Gasteiger partial charge in [-0.25, -0.2) is 18.1 Å². The van der Waals surface area contributed by atoms with Crippen LogP contribution in [0.5, 0.6) is 0 Å². The summed E-state index contributed by atoms with van der Waals surface area (Å²) < 4.78 is 26.8. The first kappa shape index (κ1) is 14.2. The van der Waals surface area contributed by atoms with Crippen molar-refractivity contribution in [2.75, 3.05) is 32.4 Å². The van der Waals surface area contributed by atoms with Gasteiger partial charge in [0.25, 0.3) is 0 Å². The van der Waals surface area contributed by atoms with E-state index in [0.717, 1.165) is 25.9 Å². The first-order chi connectivity index (χ1) is 8.97. The highest BCUT2D eigenvalue weighted by atomic mass is 32.2. The number of likely N-dealkylation sites (tertiary alicyclic amines) is 1. The fraction of sp³-hybridized carbons (Fsp3) is 0.583. The van der Waals surface area contributed by atoms with Gasteiger partial charge in [0.05, 0.1) is 4.90 Å². The number of pyridine rings is 1. The van der Waals surface area contributed by atoms with E-state index in [1.807, 2.05) is 0 Å². The van der Waals surface area contributed by atoms with Crippen LogP contribution in [-0.2, 0) is 10.0 Å². The largest absolute Gasteiger partial charge is 0.384 e. The summed E-state index contributed by atoms with van der Waals surface area (Å²) in [5, 5.41) is 0. The van der Waals surface area contributed by atoms with E-state index >= 15 is 0 Å². The number of nitrogens with zero attached hydrogens (tertiary/aromatic N) is 2. The maximum absolute atomic E-state index is 12.1. The fourth-order valence-electron chi connectivity index (χ4n) is 2.17. The molecule has 1 aliphatic rings. The van der Waals surface area contributed by atoms with Gasteiger partial charge in [-0.05, 0) is 45.0 Å². The lowest BCUT2D eigenvalue weighted by atomic mass is 9.98. The van der Waals surface area contributed by atoms with Gasteiger partial charge in [0.2, 0.25) is 10.0 Å². The Morgan fingerprint density at radius 3 is 2.79 bits per heavy atom.